The molecule has 0 saturated carbocycles. The van der Waals surface area contributed by atoms with Gasteiger partial charge in [0, 0.05) is 37.4 Å². The Morgan fingerprint density at radius 1 is 1.14 bits per heavy atom. The van der Waals surface area contributed by atoms with Crippen LogP contribution in [0.5, 0.6) is 5.88 Å². The Morgan fingerprint density at radius 3 is 2.69 bits per heavy atom. The highest BCUT2D eigenvalue weighted by atomic mass is 35.5. The second kappa shape index (κ2) is 8.48. The van der Waals surface area contributed by atoms with Crippen molar-refractivity contribution in [2.24, 2.45) is 0 Å². The number of carbonyl (C=O) groups is 1. The molecule has 0 unspecified atom stereocenters. The molecule has 0 radical (unpaired) electrons. The Kier molecular flexibility index (Phi) is 5.62. The highest BCUT2D eigenvalue weighted by Gasteiger charge is 2.24. The molecule has 0 spiro atoms. The van der Waals surface area contributed by atoms with Gasteiger partial charge in [-0.2, -0.15) is 10.1 Å². The summed E-state index contributed by atoms with van der Waals surface area (Å²) in [7, 11) is 1.57. The summed E-state index contributed by atoms with van der Waals surface area (Å²) in [4.78, 5) is 25.3. The lowest BCUT2D eigenvalue weighted by Gasteiger charge is -2.35. The maximum absolute atomic E-state index is 12.9. The molecule has 1 aliphatic heterocycles. The Morgan fingerprint density at radius 2 is 1.93 bits per heavy atom. The van der Waals surface area contributed by atoms with E-state index in [9.17, 15) is 4.79 Å². The molecular formula is C20H21ClN6O2. The first-order chi connectivity index (χ1) is 14.1. The van der Waals surface area contributed by atoms with Gasteiger partial charge in [-0.15, -0.1) is 0 Å². The third-order valence-corrected chi connectivity index (χ3v) is 5.24. The van der Waals surface area contributed by atoms with Crippen molar-refractivity contribution in [1.82, 2.24) is 24.6 Å². The molecule has 9 heteroatoms. The fourth-order valence-corrected chi connectivity index (χ4v) is 3.47. The molecule has 1 aliphatic rings. The molecule has 4 rings (SSSR count). The average molecular weight is 413 g/mol. The molecule has 8 nitrogen and oxygen atoms in total. The van der Waals surface area contributed by atoms with E-state index in [0.717, 1.165) is 11.4 Å². The van der Waals surface area contributed by atoms with E-state index in [1.54, 1.807) is 36.6 Å². The molecule has 29 heavy (non-hydrogen) atoms. The van der Waals surface area contributed by atoms with Crippen molar-refractivity contribution in [2.45, 2.75) is 6.54 Å². The van der Waals surface area contributed by atoms with Crippen LogP contribution >= 0.6 is 11.6 Å². The van der Waals surface area contributed by atoms with Crippen LogP contribution in [0.2, 0.25) is 5.02 Å². The fraction of sp³-hybridized carbons (Fsp3) is 0.300. The molecule has 1 saturated heterocycles. The van der Waals surface area contributed by atoms with E-state index in [-0.39, 0.29) is 5.91 Å². The van der Waals surface area contributed by atoms with E-state index < -0.39 is 0 Å². The first-order valence-corrected chi connectivity index (χ1v) is 9.68. The Balaban J connectivity index is 1.37. The highest BCUT2D eigenvalue weighted by molar-refractivity contribution is 6.31. The monoisotopic (exact) mass is 412 g/mol. The van der Waals surface area contributed by atoms with Gasteiger partial charge < -0.3 is 14.5 Å². The van der Waals surface area contributed by atoms with Crippen molar-refractivity contribution in [3.05, 3.63) is 65.2 Å². The minimum absolute atomic E-state index is 0.0215. The SMILES string of the molecule is COc1cncc(N2CCN(C(=O)c3cnn(Cc4ccccc4Cl)c3)CC2)n1. The smallest absolute Gasteiger partial charge is 0.257 e. The molecule has 0 atom stereocenters. The number of anilines is 1. The lowest BCUT2D eigenvalue weighted by atomic mass is 10.2. The number of piperazine rings is 1. The summed E-state index contributed by atoms with van der Waals surface area (Å²) in [6.45, 7) is 3.10. The fourth-order valence-electron chi connectivity index (χ4n) is 3.27. The lowest BCUT2D eigenvalue weighted by molar-refractivity contribution is 0.0746. The third-order valence-electron chi connectivity index (χ3n) is 4.87. The van der Waals surface area contributed by atoms with Gasteiger partial charge in [0.15, 0.2) is 5.82 Å². The first-order valence-electron chi connectivity index (χ1n) is 9.30. The summed E-state index contributed by atoms with van der Waals surface area (Å²) in [5.74, 6) is 1.21. The average Bonchev–Trinajstić information content (AvgIpc) is 3.23. The summed E-state index contributed by atoms with van der Waals surface area (Å²) < 4.78 is 6.87. The van der Waals surface area contributed by atoms with Gasteiger partial charge in [0.05, 0.1) is 37.8 Å². The van der Waals surface area contributed by atoms with Crippen LogP contribution in [0.1, 0.15) is 15.9 Å². The van der Waals surface area contributed by atoms with Gasteiger partial charge in [0.2, 0.25) is 5.88 Å². The topological polar surface area (TPSA) is 76.4 Å². The number of hydrogen-bond donors (Lipinski definition) is 0. The summed E-state index contributed by atoms with van der Waals surface area (Å²) in [5, 5.41) is 5.01. The van der Waals surface area contributed by atoms with Crippen molar-refractivity contribution in [1.29, 1.82) is 0 Å². The third kappa shape index (κ3) is 4.32. The number of carbonyl (C=O) groups excluding carboxylic acids is 1. The molecule has 2 aromatic heterocycles. The van der Waals surface area contributed by atoms with Gasteiger partial charge in [-0.25, -0.2) is 0 Å². The number of hydrogen-bond acceptors (Lipinski definition) is 6. The second-order valence-electron chi connectivity index (χ2n) is 6.72. The Labute approximate surface area is 173 Å². The van der Waals surface area contributed by atoms with Crippen LogP contribution in [0, 0.1) is 0 Å². The predicted octanol–water partition coefficient (Wildman–Crippen LogP) is 2.35. The number of rotatable bonds is 5. The molecule has 3 heterocycles. The largest absolute Gasteiger partial charge is 0.480 e. The van der Waals surface area contributed by atoms with Crippen LogP contribution in [-0.4, -0.2) is 63.8 Å². The maximum Gasteiger partial charge on any atom is 0.257 e. The maximum atomic E-state index is 12.9. The lowest BCUT2D eigenvalue weighted by Crippen LogP contribution is -2.49. The number of methoxy groups -OCH3 is 1. The molecule has 0 bridgehead atoms. The van der Waals surface area contributed by atoms with Crippen molar-refractivity contribution in [3.8, 4) is 5.88 Å². The van der Waals surface area contributed by atoms with Gasteiger partial charge in [-0.3, -0.25) is 14.5 Å². The van der Waals surface area contributed by atoms with Crippen molar-refractivity contribution in [2.75, 3.05) is 38.2 Å². The molecule has 150 valence electrons. The molecule has 1 aromatic carbocycles. The quantitative estimate of drug-likeness (QED) is 0.640. The molecular weight excluding hydrogens is 392 g/mol. The number of ether oxygens (including phenoxy) is 1. The molecule has 0 aliphatic carbocycles. The summed E-state index contributed by atoms with van der Waals surface area (Å²) in [6, 6.07) is 7.62. The standard InChI is InChI=1S/C20H21ClN6O2/c1-29-19-12-22-11-18(24-19)25-6-8-26(9-7-25)20(28)16-10-23-27(14-16)13-15-4-2-3-5-17(15)21/h2-5,10-12,14H,6-9,13H2,1H3. The zero-order chi connectivity index (χ0) is 20.2. The molecule has 1 amide bonds. The van der Waals surface area contributed by atoms with E-state index in [0.29, 0.717) is 49.2 Å². The van der Waals surface area contributed by atoms with Crippen molar-refractivity contribution >= 4 is 23.3 Å². The Bertz CT molecular complexity index is 1000. The summed E-state index contributed by atoms with van der Waals surface area (Å²) in [5.41, 5.74) is 1.54. The van der Waals surface area contributed by atoms with Gasteiger partial charge in [0.25, 0.3) is 5.91 Å². The van der Waals surface area contributed by atoms with Gasteiger partial charge in [-0.1, -0.05) is 29.8 Å². The van der Waals surface area contributed by atoms with Crippen LogP contribution in [0.15, 0.2) is 49.1 Å². The molecule has 3 aromatic rings. The summed E-state index contributed by atoms with van der Waals surface area (Å²) >= 11 is 6.21. The second-order valence-corrected chi connectivity index (χ2v) is 7.12. The predicted molar refractivity (Wildman–Crippen MR) is 109 cm³/mol. The first kappa shape index (κ1) is 19.2. The van der Waals surface area contributed by atoms with Gasteiger partial charge in [-0.05, 0) is 11.6 Å². The van der Waals surface area contributed by atoms with Crippen LogP contribution < -0.4 is 9.64 Å². The number of halogens is 1. The van der Waals surface area contributed by atoms with Crippen LogP contribution in [0.3, 0.4) is 0 Å². The zero-order valence-electron chi connectivity index (χ0n) is 16.0. The van der Waals surface area contributed by atoms with Crippen LogP contribution in [0.4, 0.5) is 5.82 Å². The summed E-state index contributed by atoms with van der Waals surface area (Å²) in [6.07, 6.45) is 6.66. The number of aromatic nitrogens is 4. The normalized spacial score (nSPS) is 14.1. The number of benzene rings is 1. The van der Waals surface area contributed by atoms with Gasteiger partial charge >= 0.3 is 0 Å². The van der Waals surface area contributed by atoms with E-state index in [1.165, 1.54) is 0 Å². The van der Waals surface area contributed by atoms with E-state index in [2.05, 4.69) is 20.0 Å². The molecule has 0 N–H and O–H groups in total. The number of amides is 1. The van der Waals surface area contributed by atoms with Crippen molar-refractivity contribution in [3.63, 3.8) is 0 Å². The minimum atomic E-state index is -0.0215. The van der Waals surface area contributed by atoms with E-state index in [1.807, 2.05) is 29.2 Å². The Hall–Kier alpha value is -3.13. The van der Waals surface area contributed by atoms with E-state index >= 15 is 0 Å². The van der Waals surface area contributed by atoms with Gasteiger partial charge in [0.1, 0.15) is 0 Å². The number of nitrogens with zero attached hydrogens (tertiary/aromatic N) is 6. The highest BCUT2D eigenvalue weighted by Crippen LogP contribution is 2.18. The van der Waals surface area contributed by atoms with E-state index in [4.69, 9.17) is 16.3 Å². The minimum Gasteiger partial charge on any atom is -0.480 e. The van der Waals surface area contributed by atoms with Crippen molar-refractivity contribution < 1.29 is 9.53 Å². The van der Waals surface area contributed by atoms with Crippen LogP contribution in [-0.2, 0) is 6.54 Å². The van der Waals surface area contributed by atoms with Crippen LogP contribution in [0.25, 0.3) is 0 Å². The zero-order valence-corrected chi connectivity index (χ0v) is 16.8. The molecule has 1 fully saturated rings.